The molecule has 0 aromatic carbocycles. The van der Waals surface area contributed by atoms with E-state index in [4.69, 9.17) is 5.73 Å². The van der Waals surface area contributed by atoms with Gasteiger partial charge in [-0.15, -0.1) is 11.3 Å². The molecule has 0 saturated heterocycles. The summed E-state index contributed by atoms with van der Waals surface area (Å²) in [5.41, 5.74) is 4.88. The highest BCUT2D eigenvalue weighted by Crippen LogP contribution is 2.30. The van der Waals surface area contributed by atoms with Gasteiger partial charge in [0.25, 0.3) is 5.92 Å². The SMILES string of the molecule is Cc1ncc(C(F)(F)CN)s1. The Morgan fingerprint density at radius 2 is 2.36 bits per heavy atom. The molecule has 0 amide bonds. The van der Waals surface area contributed by atoms with Crippen molar-refractivity contribution >= 4 is 11.3 Å². The molecule has 1 aromatic heterocycles. The van der Waals surface area contributed by atoms with Crippen LogP contribution in [0.2, 0.25) is 0 Å². The minimum absolute atomic E-state index is 0.0579. The molecule has 5 heteroatoms. The number of rotatable bonds is 2. The lowest BCUT2D eigenvalue weighted by molar-refractivity contribution is 0.00968. The molecule has 0 atom stereocenters. The van der Waals surface area contributed by atoms with E-state index in [1.807, 2.05) is 0 Å². The second-order valence-corrected chi connectivity index (χ2v) is 3.39. The molecule has 2 N–H and O–H groups in total. The molecule has 0 aliphatic rings. The van der Waals surface area contributed by atoms with Crippen molar-refractivity contribution in [3.05, 3.63) is 16.1 Å². The predicted octanol–water partition coefficient (Wildman–Crippen LogP) is 1.50. The summed E-state index contributed by atoms with van der Waals surface area (Å²) in [5.74, 6) is -2.91. The molecule has 0 radical (unpaired) electrons. The van der Waals surface area contributed by atoms with Crippen molar-refractivity contribution < 1.29 is 8.78 Å². The first kappa shape index (κ1) is 8.55. The summed E-state index contributed by atoms with van der Waals surface area (Å²) in [6.45, 7) is 1.02. The zero-order valence-corrected chi connectivity index (χ0v) is 6.79. The van der Waals surface area contributed by atoms with Crippen molar-refractivity contribution in [2.24, 2.45) is 5.73 Å². The predicted molar refractivity (Wildman–Crippen MR) is 39.8 cm³/mol. The van der Waals surface area contributed by atoms with Gasteiger partial charge in [0, 0.05) is 6.20 Å². The molecular formula is C6H8F2N2S. The average Bonchev–Trinajstić information content (AvgIpc) is 2.36. The monoisotopic (exact) mass is 178 g/mol. The van der Waals surface area contributed by atoms with Gasteiger partial charge in [-0.3, -0.25) is 0 Å². The van der Waals surface area contributed by atoms with Crippen LogP contribution in [0, 0.1) is 6.92 Å². The van der Waals surface area contributed by atoms with Crippen LogP contribution in [0.4, 0.5) is 8.78 Å². The van der Waals surface area contributed by atoms with Gasteiger partial charge in [-0.25, -0.2) is 4.98 Å². The fourth-order valence-electron chi connectivity index (χ4n) is 0.631. The number of hydrogen-bond acceptors (Lipinski definition) is 3. The Balaban J connectivity index is 2.92. The highest BCUT2D eigenvalue weighted by atomic mass is 32.1. The number of nitrogens with zero attached hydrogens (tertiary/aromatic N) is 1. The van der Waals surface area contributed by atoms with Crippen LogP contribution in [-0.2, 0) is 5.92 Å². The van der Waals surface area contributed by atoms with Crippen LogP contribution >= 0.6 is 11.3 Å². The van der Waals surface area contributed by atoms with Gasteiger partial charge in [0.15, 0.2) is 0 Å². The fraction of sp³-hybridized carbons (Fsp3) is 0.500. The standard InChI is InChI=1S/C6H8F2N2S/c1-4-10-2-5(11-4)6(7,8)3-9/h2H,3,9H2,1H3. The summed E-state index contributed by atoms with van der Waals surface area (Å²) >= 11 is 0.978. The van der Waals surface area contributed by atoms with Crippen LogP contribution in [0.1, 0.15) is 9.88 Å². The van der Waals surface area contributed by atoms with Gasteiger partial charge in [0.05, 0.1) is 16.4 Å². The summed E-state index contributed by atoms with van der Waals surface area (Å²) in [5, 5.41) is 0.633. The van der Waals surface area contributed by atoms with Crippen LogP contribution in [0.3, 0.4) is 0 Å². The molecule has 1 rings (SSSR count). The van der Waals surface area contributed by atoms with E-state index < -0.39 is 12.5 Å². The number of nitrogens with two attached hydrogens (primary N) is 1. The first-order chi connectivity index (χ1) is 5.06. The third-order valence-electron chi connectivity index (χ3n) is 1.24. The molecule has 0 fully saturated rings. The molecule has 2 nitrogen and oxygen atoms in total. The van der Waals surface area contributed by atoms with E-state index in [0.29, 0.717) is 5.01 Å². The Hall–Kier alpha value is -0.550. The lowest BCUT2D eigenvalue weighted by atomic mass is 10.3. The molecular weight excluding hydrogens is 170 g/mol. The van der Waals surface area contributed by atoms with E-state index in [9.17, 15) is 8.78 Å². The van der Waals surface area contributed by atoms with Crippen molar-refractivity contribution in [1.82, 2.24) is 4.98 Å². The van der Waals surface area contributed by atoms with E-state index in [1.54, 1.807) is 6.92 Å². The van der Waals surface area contributed by atoms with Gasteiger partial charge in [-0.1, -0.05) is 0 Å². The number of alkyl halides is 2. The third kappa shape index (κ3) is 1.72. The maximum absolute atomic E-state index is 12.7. The fourth-order valence-corrected chi connectivity index (χ4v) is 1.39. The molecule has 0 unspecified atom stereocenters. The molecule has 0 aliphatic carbocycles. The van der Waals surface area contributed by atoms with Gasteiger partial charge < -0.3 is 5.73 Å². The number of thiazole rings is 1. The average molecular weight is 178 g/mol. The third-order valence-corrected chi connectivity index (χ3v) is 2.26. The van der Waals surface area contributed by atoms with Crippen molar-refractivity contribution in [2.75, 3.05) is 6.54 Å². The lowest BCUT2D eigenvalue weighted by Gasteiger charge is -2.09. The van der Waals surface area contributed by atoms with Crippen molar-refractivity contribution in [3.8, 4) is 0 Å². The lowest BCUT2D eigenvalue weighted by Crippen LogP contribution is -2.23. The van der Waals surface area contributed by atoms with Gasteiger partial charge >= 0.3 is 0 Å². The number of halogens is 2. The van der Waals surface area contributed by atoms with Crippen LogP contribution in [0.5, 0.6) is 0 Å². The second-order valence-electron chi connectivity index (χ2n) is 2.15. The minimum Gasteiger partial charge on any atom is -0.325 e. The molecule has 0 aliphatic heterocycles. The first-order valence-corrected chi connectivity index (χ1v) is 3.88. The summed E-state index contributed by atoms with van der Waals surface area (Å²) in [4.78, 5) is 3.66. The topological polar surface area (TPSA) is 38.9 Å². The highest BCUT2D eigenvalue weighted by Gasteiger charge is 2.31. The van der Waals surface area contributed by atoms with E-state index in [1.165, 1.54) is 6.20 Å². The molecule has 1 heterocycles. The number of aryl methyl sites for hydroxylation is 1. The Morgan fingerprint density at radius 1 is 1.73 bits per heavy atom. The van der Waals surface area contributed by atoms with Crippen molar-refractivity contribution in [1.29, 1.82) is 0 Å². The molecule has 11 heavy (non-hydrogen) atoms. The zero-order valence-electron chi connectivity index (χ0n) is 5.97. The van der Waals surface area contributed by atoms with Crippen LogP contribution in [0.15, 0.2) is 6.20 Å². The molecule has 0 saturated carbocycles. The Morgan fingerprint density at radius 3 is 2.73 bits per heavy atom. The minimum atomic E-state index is -2.91. The quantitative estimate of drug-likeness (QED) is 0.745. The van der Waals surface area contributed by atoms with Gasteiger partial charge in [-0.05, 0) is 6.92 Å². The molecule has 0 bridgehead atoms. The van der Waals surface area contributed by atoms with Crippen molar-refractivity contribution in [2.45, 2.75) is 12.8 Å². The van der Waals surface area contributed by atoms with Crippen LogP contribution < -0.4 is 5.73 Å². The van der Waals surface area contributed by atoms with Crippen LogP contribution in [0.25, 0.3) is 0 Å². The Bertz CT molecular complexity index is 246. The zero-order chi connectivity index (χ0) is 8.48. The smallest absolute Gasteiger partial charge is 0.295 e. The largest absolute Gasteiger partial charge is 0.325 e. The molecule has 1 aromatic rings. The van der Waals surface area contributed by atoms with E-state index in [2.05, 4.69) is 4.98 Å². The summed E-state index contributed by atoms with van der Waals surface area (Å²) in [6.07, 6.45) is 1.17. The van der Waals surface area contributed by atoms with E-state index in [-0.39, 0.29) is 4.88 Å². The normalized spacial score (nSPS) is 12.0. The van der Waals surface area contributed by atoms with E-state index in [0.717, 1.165) is 11.3 Å². The first-order valence-electron chi connectivity index (χ1n) is 3.07. The molecule has 62 valence electrons. The van der Waals surface area contributed by atoms with Gasteiger partial charge in [-0.2, -0.15) is 8.78 Å². The summed E-state index contributed by atoms with van der Waals surface area (Å²) in [7, 11) is 0. The Labute approximate surface area is 67.1 Å². The number of aromatic nitrogens is 1. The number of hydrogen-bond donors (Lipinski definition) is 1. The van der Waals surface area contributed by atoms with Crippen LogP contribution in [-0.4, -0.2) is 11.5 Å². The van der Waals surface area contributed by atoms with Gasteiger partial charge in [0.2, 0.25) is 0 Å². The maximum Gasteiger partial charge on any atom is 0.295 e. The second kappa shape index (κ2) is 2.83. The summed E-state index contributed by atoms with van der Waals surface area (Å²) in [6, 6.07) is 0. The van der Waals surface area contributed by atoms with Gasteiger partial charge in [0.1, 0.15) is 0 Å². The molecule has 0 spiro atoms. The summed E-state index contributed by atoms with van der Waals surface area (Å²) < 4.78 is 25.5. The maximum atomic E-state index is 12.7. The highest BCUT2D eigenvalue weighted by molar-refractivity contribution is 7.11. The van der Waals surface area contributed by atoms with E-state index >= 15 is 0 Å². The Kier molecular flexibility index (Phi) is 2.20. The van der Waals surface area contributed by atoms with Crippen molar-refractivity contribution in [3.63, 3.8) is 0 Å².